The average molecular weight is 156 g/mol. The van der Waals surface area contributed by atoms with E-state index in [4.69, 9.17) is 5.11 Å². The van der Waals surface area contributed by atoms with Gasteiger partial charge in [0.25, 0.3) is 0 Å². The zero-order valence-electron chi connectivity index (χ0n) is 7.05. The largest absolute Gasteiger partial charge is 0.395 e. The van der Waals surface area contributed by atoms with Gasteiger partial charge in [-0.3, -0.25) is 0 Å². The first kappa shape index (κ1) is 10.4. The summed E-state index contributed by atoms with van der Waals surface area (Å²) in [7, 11) is 0. The summed E-state index contributed by atoms with van der Waals surface area (Å²) in [5.41, 5.74) is -0.559. The number of hydrogen-bond donors (Lipinski definition) is 1. The van der Waals surface area contributed by atoms with E-state index in [1.54, 1.807) is 6.08 Å². The average Bonchev–Trinajstić information content (AvgIpc) is 2.04. The zero-order valence-corrected chi connectivity index (χ0v) is 7.05. The van der Waals surface area contributed by atoms with Gasteiger partial charge in [0.2, 0.25) is 0 Å². The third-order valence-corrected chi connectivity index (χ3v) is 1.86. The molecule has 0 fully saturated rings. The van der Waals surface area contributed by atoms with Gasteiger partial charge in [-0.2, -0.15) is 0 Å². The quantitative estimate of drug-likeness (QED) is 0.468. The molecule has 11 heavy (non-hydrogen) atoms. The Bertz CT molecular complexity index is 132. The molecule has 0 aliphatic heterocycles. The lowest BCUT2D eigenvalue weighted by Gasteiger charge is -2.22. The summed E-state index contributed by atoms with van der Waals surface area (Å²) < 4.78 is 0. The van der Waals surface area contributed by atoms with Gasteiger partial charge in [-0.25, -0.2) is 0 Å². The van der Waals surface area contributed by atoms with Gasteiger partial charge >= 0.3 is 0 Å². The fourth-order valence-corrected chi connectivity index (χ4v) is 1.18. The molecule has 0 spiro atoms. The Morgan fingerprint density at radius 2 is 2.27 bits per heavy atom. The van der Waals surface area contributed by atoms with Gasteiger partial charge in [-0.1, -0.05) is 19.4 Å². The fourth-order valence-electron chi connectivity index (χ4n) is 1.18. The maximum Gasteiger partial charge on any atom is 0.128 e. The molecule has 0 aromatic heterocycles. The zero-order chi connectivity index (χ0) is 8.74. The van der Waals surface area contributed by atoms with Crippen LogP contribution in [0.3, 0.4) is 0 Å². The summed E-state index contributed by atoms with van der Waals surface area (Å²) in [6.45, 7) is 5.48. The molecule has 0 heterocycles. The molecule has 0 aliphatic rings. The van der Waals surface area contributed by atoms with E-state index in [0.29, 0.717) is 6.42 Å². The van der Waals surface area contributed by atoms with Crippen LogP contribution < -0.4 is 0 Å². The number of allylic oxidation sites excluding steroid dienone is 1. The van der Waals surface area contributed by atoms with Crippen LogP contribution in [0.1, 0.15) is 26.2 Å². The van der Waals surface area contributed by atoms with E-state index in [0.717, 1.165) is 19.1 Å². The summed E-state index contributed by atoms with van der Waals surface area (Å²) >= 11 is 0. The maximum absolute atomic E-state index is 10.6. The van der Waals surface area contributed by atoms with Gasteiger partial charge < -0.3 is 9.90 Å². The van der Waals surface area contributed by atoms with E-state index in [1.165, 1.54) is 0 Å². The SMILES string of the molecule is C=CCC(C=O)(CO)CCC. The number of hydrogen-bond acceptors (Lipinski definition) is 2. The Labute approximate surface area is 67.9 Å². The highest BCUT2D eigenvalue weighted by atomic mass is 16.3. The number of carbonyl (C=O) groups is 1. The standard InChI is InChI=1S/C9H16O2/c1-3-5-9(7-10,8-11)6-4-2/h3,7,11H,1,4-6,8H2,2H3. The number of aliphatic hydroxyl groups is 1. The number of aliphatic hydroxyl groups excluding tert-OH is 1. The second kappa shape index (κ2) is 5.08. The van der Waals surface area contributed by atoms with Gasteiger partial charge in [0.05, 0.1) is 12.0 Å². The van der Waals surface area contributed by atoms with Gasteiger partial charge in [0.15, 0.2) is 0 Å². The predicted octanol–water partition coefficient (Wildman–Crippen LogP) is 1.54. The van der Waals surface area contributed by atoms with Crippen molar-refractivity contribution in [3.05, 3.63) is 12.7 Å². The molecule has 64 valence electrons. The van der Waals surface area contributed by atoms with Crippen LogP contribution in [-0.4, -0.2) is 18.0 Å². The second-order valence-electron chi connectivity index (χ2n) is 2.88. The van der Waals surface area contributed by atoms with Crippen LogP contribution in [0.5, 0.6) is 0 Å². The maximum atomic E-state index is 10.6. The van der Waals surface area contributed by atoms with Crippen LogP contribution in [0.15, 0.2) is 12.7 Å². The van der Waals surface area contributed by atoms with E-state index in [9.17, 15) is 4.79 Å². The van der Waals surface area contributed by atoms with Crippen molar-refractivity contribution >= 4 is 6.29 Å². The number of rotatable bonds is 6. The van der Waals surface area contributed by atoms with E-state index < -0.39 is 5.41 Å². The van der Waals surface area contributed by atoms with Crippen molar-refractivity contribution in [2.75, 3.05) is 6.61 Å². The van der Waals surface area contributed by atoms with Crippen LogP contribution in [0.2, 0.25) is 0 Å². The molecular formula is C9H16O2. The number of carbonyl (C=O) groups excluding carboxylic acids is 1. The number of aldehydes is 1. The molecule has 0 amide bonds. The summed E-state index contributed by atoms with van der Waals surface area (Å²) in [4.78, 5) is 10.6. The third-order valence-electron chi connectivity index (χ3n) is 1.86. The topological polar surface area (TPSA) is 37.3 Å². The highest BCUT2D eigenvalue weighted by Gasteiger charge is 2.25. The van der Waals surface area contributed by atoms with Crippen LogP contribution >= 0.6 is 0 Å². The van der Waals surface area contributed by atoms with Crippen molar-refractivity contribution in [1.29, 1.82) is 0 Å². The van der Waals surface area contributed by atoms with Gasteiger partial charge in [-0.05, 0) is 12.8 Å². The molecule has 0 aliphatic carbocycles. The van der Waals surface area contributed by atoms with E-state index in [1.807, 2.05) is 6.92 Å². The van der Waals surface area contributed by atoms with Gasteiger partial charge in [-0.15, -0.1) is 6.58 Å². The van der Waals surface area contributed by atoms with E-state index in [-0.39, 0.29) is 6.61 Å². The lowest BCUT2D eigenvalue weighted by Crippen LogP contribution is -2.26. The summed E-state index contributed by atoms with van der Waals surface area (Å²) in [6.07, 6.45) is 4.74. The summed E-state index contributed by atoms with van der Waals surface area (Å²) in [6, 6.07) is 0. The normalized spacial score (nSPS) is 15.5. The molecule has 1 N–H and O–H groups in total. The van der Waals surface area contributed by atoms with Crippen molar-refractivity contribution in [2.24, 2.45) is 5.41 Å². The molecule has 2 nitrogen and oxygen atoms in total. The smallest absolute Gasteiger partial charge is 0.128 e. The highest BCUT2D eigenvalue weighted by molar-refractivity contribution is 5.59. The molecule has 0 aromatic rings. The van der Waals surface area contributed by atoms with E-state index >= 15 is 0 Å². The predicted molar refractivity (Wildman–Crippen MR) is 45.3 cm³/mol. The lowest BCUT2D eigenvalue weighted by molar-refractivity contribution is -0.118. The Kier molecular flexibility index (Phi) is 4.79. The monoisotopic (exact) mass is 156 g/mol. The molecule has 0 bridgehead atoms. The molecule has 1 atom stereocenters. The van der Waals surface area contributed by atoms with Crippen molar-refractivity contribution in [3.8, 4) is 0 Å². The molecule has 1 unspecified atom stereocenters. The van der Waals surface area contributed by atoms with Crippen molar-refractivity contribution in [2.45, 2.75) is 26.2 Å². The molecular weight excluding hydrogens is 140 g/mol. The first-order chi connectivity index (χ1) is 5.24. The van der Waals surface area contributed by atoms with Crippen LogP contribution in [-0.2, 0) is 4.79 Å². The van der Waals surface area contributed by atoms with Crippen molar-refractivity contribution < 1.29 is 9.90 Å². The minimum absolute atomic E-state index is 0.0731. The minimum Gasteiger partial charge on any atom is -0.395 e. The van der Waals surface area contributed by atoms with Crippen molar-refractivity contribution in [3.63, 3.8) is 0 Å². The highest BCUT2D eigenvalue weighted by Crippen LogP contribution is 2.25. The van der Waals surface area contributed by atoms with Crippen LogP contribution in [0.25, 0.3) is 0 Å². The molecule has 0 aromatic carbocycles. The van der Waals surface area contributed by atoms with Crippen molar-refractivity contribution in [1.82, 2.24) is 0 Å². The first-order valence-corrected chi connectivity index (χ1v) is 3.92. The van der Waals surface area contributed by atoms with Gasteiger partial charge in [0.1, 0.15) is 6.29 Å². The molecule has 0 saturated heterocycles. The van der Waals surface area contributed by atoms with Crippen LogP contribution in [0.4, 0.5) is 0 Å². The Hall–Kier alpha value is -0.630. The molecule has 2 heteroatoms. The minimum atomic E-state index is -0.559. The Morgan fingerprint density at radius 3 is 2.55 bits per heavy atom. The Balaban J connectivity index is 4.18. The van der Waals surface area contributed by atoms with Crippen LogP contribution in [0, 0.1) is 5.41 Å². The third kappa shape index (κ3) is 2.85. The Morgan fingerprint density at radius 1 is 1.64 bits per heavy atom. The molecule has 0 rings (SSSR count). The van der Waals surface area contributed by atoms with Gasteiger partial charge in [0, 0.05) is 0 Å². The molecule has 0 saturated carbocycles. The summed E-state index contributed by atoms with van der Waals surface area (Å²) in [5, 5.41) is 8.96. The lowest BCUT2D eigenvalue weighted by atomic mass is 9.83. The molecule has 0 radical (unpaired) electrons. The first-order valence-electron chi connectivity index (χ1n) is 3.92. The summed E-state index contributed by atoms with van der Waals surface area (Å²) in [5.74, 6) is 0. The fraction of sp³-hybridized carbons (Fsp3) is 0.667. The second-order valence-corrected chi connectivity index (χ2v) is 2.88. The van der Waals surface area contributed by atoms with E-state index in [2.05, 4.69) is 6.58 Å².